The van der Waals surface area contributed by atoms with Crippen LogP contribution in [0.4, 0.5) is 5.13 Å². The third-order valence-corrected chi connectivity index (χ3v) is 5.04. The molecule has 0 aliphatic rings. The van der Waals surface area contributed by atoms with Gasteiger partial charge in [0.05, 0.1) is 12.0 Å². The molecule has 0 bridgehead atoms. The molecule has 0 aliphatic carbocycles. The average Bonchev–Trinajstić information content (AvgIpc) is 3.25. The molecular formula is C20H20N2O4S. The number of hydrogen-bond acceptors (Lipinski definition) is 6. The standard InChI is InChI=1S/C20H20N2O4S/c1-11-7-13(3)16(8-12(11)2)17-10-27-20(21-17)22-18(23)9-26-19(24)15-5-6-25-14(15)4/h5-8,10H,9H2,1-4H3,(H,21,22,23). The van der Waals surface area contributed by atoms with E-state index in [1.165, 1.54) is 34.8 Å². The van der Waals surface area contributed by atoms with Crippen LogP contribution in [0.2, 0.25) is 0 Å². The molecule has 0 radical (unpaired) electrons. The van der Waals surface area contributed by atoms with Crippen LogP contribution >= 0.6 is 11.3 Å². The van der Waals surface area contributed by atoms with Crippen LogP contribution < -0.4 is 5.32 Å². The normalized spacial score (nSPS) is 10.7. The third kappa shape index (κ3) is 4.25. The fourth-order valence-corrected chi connectivity index (χ4v) is 3.38. The summed E-state index contributed by atoms with van der Waals surface area (Å²) in [7, 11) is 0. The third-order valence-electron chi connectivity index (χ3n) is 4.28. The van der Waals surface area contributed by atoms with Crippen molar-refractivity contribution in [3.05, 3.63) is 57.9 Å². The van der Waals surface area contributed by atoms with Gasteiger partial charge in [-0.1, -0.05) is 6.07 Å². The van der Waals surface area contributed by atoms with E-state index in [-0.39, 0.29) is 6.61 Å². The average molecular weight is 384 g/mol. The van der Waals surface area contributed by atoms with E-state index in [2.05, 4.69) is 36.3 Å². The fourth-order valence-electron chi connectivity index (χ4n) is 2.65. The van der Waals surface area contributed by atoms with E-state index in [1.807, 2.05) is 12.3 Å². The Morgan fingerprint density at radius 2 is 1.89 bits per heavy atom. The van der Waals surface area contributed by atoms with Gasteiger partial charge in [-0.15, -0.1) is 11.3 Å². The first-order chi connectivity index (χ1) is 12.8. The molecule has 7 heteroatoms. The van der Waals surface area contributed by atoms with E-state index in [1.54, 1.807) is 6.92 Å². The number of benzene rings is 1. The largest absolute Gasteiger partial charge is 0.469 e. The van der Waals surface area contributed by atoms with E-state index >= 15 is 0 Å². The number of carbonyl (C=O) groups is 2. The number of aryl methyl sites for hydroxylation is 4. The van der Waals surface area contributed by atoms with Gasteiger partial charge in [0, 0.05) is 10.9 Å². The molecule has 0 fully saturated rings. The summed E-state index contributed by atoms with van der Waals surface area (Å²) in [6.07, 6.45) is 1.40. The second-order valence-electron chi connectivity index (χ2n) is 6.30. The zero-order chi connectivity index (χ0) is 19.6. The van der Waals surface area contributed by atoms with Gasteiger partial charge in [-0.2, -0.15) is 0 Å². The Morgan fingerprint density at radius 1 is 1.15 bits per heavy atom. The van der Waals surface area contributed by atoms with Gasteiger partial charge in [0.25, 0.3) is 5.91 Å². The first-order valence-electron chi connectivity index (χ1n) is 8.40. The summed E-state index contributed by atoms with van der Waals surface area (Å²) in [6, 6.07) is 5.73. The predicted octanol–water partition coefficient (Wildman–Crippen LogP) is 4.43. The highest BCUT2D eigenvalue weighted by atomic mass is 32.1. The Morgan fingerprint density at radius 3 is 2.59 bits per heavy atom. The summed E-state index contributed by atoms with van der Waals surface area (Å²) >= 11 is 1.33. The molecule has 3 aromatic rings. The van der Waals surface area contributed by atoms with Gasteiger partial charge in [0.1, 0.15) is 11.3 Å². The van der Waals surface area contributed by atoms with Crippen LogP contribution in [0.25, 0.3) is 11.3 Å². The van der Waals surface area contributed by atoms with Crippen LogP contribution in [0.5, 0.6) is 0 Å². The monoisotopic (exact) mass is 384 g/mol. The first-order valence-corrected chi connectivity index (χ1v) is 9.28. The molecule has 2 aromatic heterocycles. The van der Waals surface area contributed by atoms with E-state index in [0.717, 1.165) is 16.8 Å². The van der Waals surface area contributed by atoms with Crippen LogP contribution in [0.15, 0.2) is 34.3 Å². The number of aromatic nitrogens is 1. The highest BCUT2D eigenvalue weighted by Gasteiger charge is 2.16. The number of carbonyl (C=O) groups excluding carboxylic acids is 2. The Hall–Kier alpha value is -2.93. The number of ether oxygens (including phenoxy) is 1. The van der Waals surface area contributed by atoms with Crippen LogP contribution in [-0.2, 0) is 9.53 Å². The molecule has 6 nitrogen and oxygen atoms in total. The Bertz CT molecular complexity index is 1000. The maximum absolute atomic E-state index is 12.0. The summed E-state index contributed by atoms with van der Waals surface area (Å²) in [5, 5.41) is 5.02. The number of amides is 1. The van der Waals surface area contributed by atoms with Gasteiger partial charge in [-0.05, 0) is 56.5 Å². The van der Waals surface area contributed by atoms with Crippen LogP contribution in [0.3, 0.4) is 0 Å². The molecule has 140 valence electrons. The maximum Gasteiger partial charge on any atom is 0.342 e. The molecule has 0 aliphatic heterocycles. The van der Waals surface area contributed by atoms with Crippen molar-refractivity contribution in [1.82, 2.24) is 4.98 Å². The molecule has 1 aromatic carbocycles. The maximum atomic E-state index is 12.0. The van der Waals surface area contributed by atoms with E-state index < -0.39 is 11.9 Å². The van der Waals surface area contributed by atoms with Crippen LogP contribution in [-0.4, -0.2) is 23.5 Å². The van der Waals surface area contributed by atoms with Crippen LogP contribution in [0, 0.1) is 27.7 Å². The number of anilines is 1. The first kappa shape index (κ1) is 18.8. The zero-order valence-corrected chi connectivity index (χ0v) is 16.4. The molecule has 0 saturated heterocycles. The molecule has 0 unspecified atom stereocenters. The number of thiazole rings is 1. The number of nitrogens with zero attached hydrogens (tertiary/aromatic N) is 1. The lowest BCUT2D eigenvalue weighted by atomic mass is 9.99. The lowest BCUT2D eigenvalue weighted by Crippen LogP contribution is -2.20. The summed E-state index contributed by atoms with van der Waals surface area (Å²) in [5.41, 5.74) is 5.71. The molecule has 1 N–H and O–H groups in total. The Labute approximate surface area is 161 Å². The topological polar surface area (TPSA) is 81.4 Å². The van der Waals surface area contributed by atoms with Gasteiger partial charge < -0.3 is 9.15 Å². The van der Waals surface area contributed by atoms with Gasteiger partial charge in [0.15, 0.2) is 11.7 Å². The minimum Gasteiger partial charge on any atom is -0.469 e. The van der Waals surface area contributed by atoms with Crippen molar-refractivity contribution >= 4 is 28.3 Å². The number of esters is 1. The van der Waals surface area contributed by atoms with Gasteiger partial charge in [-0.25, -0.2) is 9.78 Å². The van der Waals surface area contributed by atoms with E-state index in [0.29, 0.717) is 16.5 Å². The number of hydrogen-bond donors (Lipinski definition) is 1. The van der Waals surface area contributed by atoms with Crippen molar-refractivity contribution in [1.29, 1.82) is 0 Å². The number of rotatable bonds is 5. The van der Waals surface area contributed by atoms with Crippen molar-refractivity contribution in [2.24, 2.45) is 0 Å². The molecule has 0 spiro atoms. The van der Waals surface area contributed by atoms with Crippen molar-refractivity contribution in [2.45, 2.75) is 27.7 Å². The highest BCUT2D eigenvalue weighted by Crippen LogP contribution is 2.29. The van der Waals surface area contributed by atoms with Crippen LogP contribution in [0.1, 0.15) is 32.8 Å². The molecule has 3 rings (SSSR count). The number of furan rings is 1. The zero-order valence-electron chi connectivity index (χ0n) is 15.6. The van der Waals surface area contributed by atoms with Gasteiger partial charge in [-0.3, -0.25) is 10.1 Å². The van der Waals surface area contributed by atoms with Gasteiger partial charge >= 0.3 is 5.97 Å². The molecule has 0 saturated carbocycles. The molecule has 2 heterocycles. The highest BCUT2D eigenvalue weighted by molar-refractivity contribution is 7.14. The summed E-state index contributed by atoms with van der Waals surface area (Å²) < 4.78 is 10.1. The Kier molecular flexibility index (Phi) is 5.41. The van der Waals surface area contributed by atoms with E-state index in [9.17, 15) is 9.59 Å². The quantitative estimate of drug-likeness (QED) is 0.658. The van der Waals surface area contributed by atoms with Crippen molar-refractivity contribution in [2.75, 3.05) is 11.9 Å². The molecule has 0 atom stereocenters. The molecular weight excluding hydrogens is 364 g/mol. The minimum absolute atomic E-state index is 0.310. The number of nitrogens with one attached hydrogen (secondary N) is 1. The summed E-state index contributed by atoms with van der Waals surface area (Å²) in [4.78, 5) is 28.4. The summed E-state index contributed by atoms with van der Waals surface area (Å²) in [6.45, 7) is 7.44. The SMILES string of the molecule is Cc1cc(C)c(-c2csc(NC(=O)COC(=O)c3ccoc3C)n2)cc1C. The Balaban J connectivity index is 1.62. The van der Waals surface area contributed by atoms with Crippen molar-refractivity contribution in [3.63, 3.8) is 0 Å². The second-order valence-corrected chi connectivity index (χ2v) is 7.16. The summed E-state index contributed by atoms with van der Waals surface area (Å²) in [5.74, 6) is -0.585. The molecule has 1 amide bonds. The van der Waals surface area contributed by atoms with E-state index in [4.69, 9.17) is 9.15 Å². The lowest BCUT2D eigenvalue weighted by molar-refractivity contribution is -0.119. The van der Waals surface area contributed by atoms with Crippen molar-refractivity contribution in [3.8, 4) is 11.3 Å². The molecule has 27 heavy (non-hydrogen) atoms. The lowest BCUT2D eigenvalue weighted by Gasteiger charge is -2.07. The van der Waals surface area contributed by atoms with Crippen molar-refractivity contribution < 1.29 is 18.7 Å². The smallest absolute Gasteiger partial charge is 0.342 e. The minimum atomic E-state index is -0.595. The van der Waals surface area contributed by atoms with Gasteiger partial charge in [0.2, 0.25) is 0 Å². The second kappa shape index (κ2) is 7.75. The predicted molar refractivity (Wildman–Crippen MR) is 104 cm³/mol. The fraction of sp³-hybridized carbons (Fsp3) is 0.250.